The summed E-state index contributed by atoms with van der Waals surface area (Å²) in [7, 11) is 0. The number of hydrogen-bond acceptors (Lipinski definition) is 3. The normalized spacial score (nSPS) is 15.3. The Hall–Kier alpha value is -3.09. The summed E-state index contributed by atoms with van der Waals surface area (Å²) in [5, 5.41) is 3.87. The van der Waals surface area contributed by atoms with Gasteiger partial charge in [0, 0.05) is 18.7 Å². The molecule has 0 radical (unpaired) electrons. The Morgan fingerprint density at radius 3 is 2.48 bits per heavy atom. The molecule has 0 spiro atoms. The zero-order valence-corrected chi connectivity index (χ0v) is 17.2. The van der Waals surface area contributed by atoms with Crippen molar-refractivity contribution in [1.29, 1.82) is 0 Å². The first-order valence-corrected chi connectivity index (χ1v) is 10.3. The molecule has 1 amide bonds. The molecule has 0 saturated carbocycles. The van der Waals surface area contributed by atoms with Crippen LogP contribution in [-0.4, -0.2) is 29.1 Å². The highest BCUT2D eigenvalue weighted by atomic mass is 19.4. The predicted octanol–water partition coefficient (Wildman–Crippen LogP) is 5.76. The number of rotatable bonds is 4. The van der Waals surface area contributed by atoms with Crippen molar-refractivity contribution in [3.05, 3.63) is 77.0 Å². The maximum atomic E-state index is 13.2. The number of aromatic nitrogens is 1. The second-order valence-corrected chi connectivity index (χ2v) is 7.98. The van der Waals surface area contributed by atoms with Gasteiger partial charge in [-0.2, -0.15) is 13.2 Å². The van der Waals surface area contributed by atoms with E-state index in [1.54, 1.807) is 11.8 Å². The number of aryl methyl sites for hydroxylation is 1. The van der Waals surface area contributed by atoms with E-state index in [-0.39, 0.29) is 22.8 Å². The van der Waals surface area contributed by atoms with Crippen molar-refractivity contribution in [2.45, 2.75) is 32.4 Å². The fourth-order valence-electron chi connectivity index (χ4n) is 4.10. The first-order valence-electron chi connectivity index (χ1n) is 10.3. The lowest BCUT2D eigenvalue weighted by Crippen LogP contribution is -2.39. The minimum absolute atomic E-state index is 0.0833. The maximum Gasteiger partial charge on any atom is 0.416 e. The van der Waals surface area contributed by atoms with Crippen LogP contribution in [0.25, 0.3) is 11.3 Å². The highest BCUT2D eigenvalue weighted by molar-refractivity contribution is 6.00. The van der Waals surface area contributed by atoms with Crippen LogP contribution in [0.1, 0.15) is 40.0 Å². The summed E-state index contributed by atoms with van der Waals surface area (Å²) in [4.78, 5) is 15.0. The second kappa shape index (κ2) is 8.57. The van der Waals surface area contributed by atoms with E-state index in [4.69, 9.17) is 4.52 Å². The standard InChI is InChI=1S/C24H23F3N2O2/c1-16-21(22(31-28-16)19-8-5-9-20(15-19)24(25,26)27)23(30)29-12-10-18(11-13-29)14-17-6-3-2-4-7-17/h2-9,15,18H,10-14H2,1H3. The van der Waals surface area contributed by atoms with Crippen LogP contribution in [-0.2, 0) is 12.6 Å². The van der Waals surface area contributed by atoms with Gasteiger partial charge in [0.2, 0.25) is 0 Å². The van der Waals surface area contributed by atoms with Crippen molar-refractivity contribution >= 4 is 5.91 Å². The van der Waals surface area contributed by atoms with Crippen LogP contribution >= 0.6 is 0 Å². The van der Waals surface area contributed by atoms with Gasteiger partial charge < -0.3 is 9.42 Å². The minimum atomic E-state index is -4.48. The molecule has 0 unspecified atom stereocenters. The summed E-state index contributed by atoms with van der Waals surface area (Å²) in [6, 6.07) is 15.1. The first kappa shape index (κ1) is 21.2. The maximum absolute atomic E-state index is 13.2. The van der Waals surface area contributed by atoms with E-state index in [0.717, 1.165) is 31.4 Å². The van der Waals surface area contributed by atoms with Crippen molar-refractivity contribution in [3.63, 3.8) is 0 Å². The zero-order chi connectivity index (χ0) is 22.0. The number of carbonyl (C=O) groups excluding carboxylic acids is 1. The first-order chi connectivity index (χ1) is 14.8. The minimum Gasteiger partial charge on any atom is -0.355 e. The lowest BCUT2D eigenvalue weighted by atomic mass is 9.90. The predicted molar refractivity (Wildman–Crippen MR) is 110 cm³/mol. The highest BCUT2D eigenvalue weighted by Gasteiger charge is 2.33. The number of halogens is 3. The largest absolute Gasteiger partial charge is 0.416 e. The molecule has 7 heteroatoms. The molecule has 0 bridgehead atoms. The molecular formula is C24H23F3N2O2. The van der Waals surface area contributed by atoms with Gasteiger partial charge in [0.25, 0.3) is 5.91 Å². The van der Waals surface area contributed by atoms with Crippen molar-refractivity contribution < 1.29 is 22.5 Å². The van der Waals surface area contributed by atoms with Crippen LogP contribution in [0.4, 0.5) is 13.2 Å². The number of nitrogens with zero attached hydrogens (tertiary/aromatic N) is 2. The number of alkyl halides is 3. The van der Waals surface area contributed by atoms with Crippen LogP contribution < -0.4 is 0 Å². The van der Waals surface area contributed by atoms with Gasteiger partial charge in [-0.25, -0.2) is 0 Å². The summed E-state index contributed by atoms with van der Waals surface area (Å²) in [5.74, 6) is 0.335. The second-order valence-electron chi connectivity index (χ2n) is 7.98. The molecule has 1 fully saturated rings. The molecule has 0 aliphatic carbocycles. The van der Waals surface area contributed by atoms with Gasteiger partial charge in [-0.15, -0.1) is 0 Å². The van der Waals surface area contributed by atoms with Crippen LogP contribution in [0.2, 0.25) is 0 Å². The molecule has 0 atom stereocenters. The van der Waals surface area contributed by atoms with E-state index in [1.807, 2.05) is 18.2 Å². The van der Waals surface area contributed by atoms with Crippen molar-refractivity contribution in [2.75, 3.05) is 13.1 Å². The third-order valence-corrected chi connectivity index (χ3v) is 5.80. The van der Waals surface area contributed by atoms with Gasteiger partial charge in [0.05, 0.1) is 11.3 Å². The van der Waals surface area contributed by atoms with Gasteiger partial charge >= 0.3 is 6.18 Å². The van der Waals surface area contributed by atoms with E-state index in [1.165, 1.54) is 17.7 Å². The van der Waals surface area contributed by atoms with Gasteiger partial charge in [-0.1, -0.05) is 47.6 Å². The van der Waals surface area contributed by atoms with Crippen molar-refractivity contribution in [2.24, 2.45) is 5.92 Å². The third-order valence-electron chi connectivity index (χ3n) is 5.80. The lowest BCUT2D eigenvalue weighted by Gasteiger charge is -2.32. The molecule has 1 aliphatic rings. The fraction of sp³-hybridized carbons (Fsp3) is 0.333. The number of likely N-dealkylation sites (tertiary alicyclic amines) is 1. The Morgan fingerprint density at radius 2 is 1.81 bits per heavy atom. The monoisotopic (exact) mass is 428 g/mol. The Balaban J connectivity index is 1.50. The van der Waals surface area contributed by atoms with Gasteiger partial charge in [0.1, 0.15) is 5.56 Å². The smallest absolute Gasteiger partial charge is 0.355 e. The average Bonchev–Trinajstić information content (AvgIpc) is 3.15. The van der Waals surface area contributed by atoms with Gasteiger partial charge in [0.15, 0.2) is 5.76 Å². The molecule has 1 aliphatic heterocycles. The zero-order valence-electron chi connectivity index (χ0n) is 17.2. The molecule has 162 valence electrons. The van der Waals surface area contributed by atoms with Crippen molar-refractivity contribution in [1.82, 2.24) is 10.1 Å². The van der Waals surface area contributed by atoms with Crippen LogP contribution in [0.3, 0.4) is 0 Å². The van der Waals surface area contributed by atoms with E-state index < -0.39 is 11.7 Å². The number of benzene rings is 2. The third kappa shape index (κ3) is 4.65. The van der Waals surface area contributed by atoms with Crippen LogP contribution in [0.15, 0.2) is 59.1 Å². The molecule has 4 nitrogen and oxygen atoms in total. The summed E-state index contributed by atoms with van der Waals surface area (Å²) in [5.41, 5.74) is 1.30. The summed E-state index contributed by atoms with van der Waals surface area (Å²) in [6.45, 7) is 2.84. The molecular weight excluding hydrogens is 405 g/mol. The molecule has 1 saturated heterocycles. The highest BCUT2D eigenvalue weighted by Crippen LogP contribution is 2.34. The van der Waals surface area contributed by atoms with E-state index in [2.05, 4.69) is 17.3 Å². The summed E-state index contributed by atoms with van der Waals surface area (Å²) < 4.78 is 44.6. The lowest BCUT2D eigenvalue weighted by molar-refractivity contribution is -0.137. The Morgan fingerprint density at radius 1 is 1.10 bits per heavy atom. The van der Waals surface area contributed by atoms with E-state index in [9.17, 15) is 18.0 Å². The van der Waals surface area contributed by atoms with Crippen LogP contribution in [0.5, 0.6) is 0 Å². The number of carbonyl (C=O) groups is 1. The SMILES string of the molecule is Cc1noc(-c2cccc(C(F)(F)F)c2)c1C(=O)N1CCC(Cc2ccccc2)CC1. The van der Waals surface area contributed by atoms with E-state index >= 15 is 0 Å². The molecule has 2 heterocycles. The van der Waals surface area contributed by atoms with Gasteiger partial charge in [-0.05, 0) is 49.8 Å². The molecule has 4 rings (SSSR count). The Bertz CT molecular complexity index is 1050. The summed E-state index contributed by atoms with van der Waals surface area (Å²) >= 11 is 0. The Kier molecular flexibility index (Phi) is 5.85. The fourth-order valence-corrected chi connectivity index (χ4v) is 4.10. The number of amides is 1. The summed E-state index contributed by atoms with van der Waals surface area (Å²) in [6.07, 6.45) is -1.74. The topological polar surface area (TPSA) is 46.3 Å². The molecule has 1 aromatic heterocycles. The quantitative estimate of drug-likeness (QED) is 0.531. The van der Waals surface area contributed by atoms with Crippen LogP contribution in [0, 0.1) is 12.8 Å². The number of hydrogen-bond donors (Lipinski definition) is 0. The van der Waals surface area contributed by atoms with E-state index in [0.29, 0.717) is 24.7 Å². The van der Waals surface area contributed by atoms with Crippen molar-refractivity contribution in [3.8, 4) is 11.3 Å². The number of piperidine rings is 1. The van der Waals surface area contributed by atoms with Gasteiger partial charge in [-0.3, -0.25) is 4.79 Å². The molecule has 3 aromatic rings. The average molecular weight is 428 g/mol. The molecule has 0 N–H and O–H groups in total. The Labute approximate surface area is 178 Å². The molecule has 2 aromatic carbocycles. The molecule has 31 heavy (non-hydrogen) atoms.